The number of hydrogen-bond donors (Lipinski definition) is 7. The van der Waals surface area contributed by atoms with Gasteiger partial charge in [-0.1, -0.05) is 60.7 Å². The zero-order chi connectivity index (χ0) is 37.1. The summed E-state index contributed by atoms with van der Waals surface area (Å²) in [5.74, 6) is -4.80. The van der Waals surface area contributed by atoms with Crippen LogP contribution in [0.15, 0.2) is 60.7 Å². The second kappa shape index (κ2) is 20.7. The summed E-state index contributed by atoms with van der Waals surface area (Å²) in [6, 6.07) is 16.2. The van der Waals surface area contributed by atoms with Gasteiger partial charge in [-0.15, -0.1) is 0 Å². The zero-order valence-electron chi connectivity index (χ0n) is 26.6. The number of nitrogens with two attached hydrogens (primary N) is 2. The molecule has 0 bridgehead atoms. The standard InChI is InChI=1S/C29H38N6O8.C2HF3O2/c30-27(31)32-15-7-12-21(34-28(39)41-17-19-8-3-1-4-9-19)23-13-14-24(43-23)25(36)33-16-22(26(37)38)35-29(40)42-18-20-10-5-2-6-11-20;3-2(4,5)1(6)7/h1-6,8-11,21-24H,7,12-18H2,(H,33,36)(H,34,39)(H,35,40)(H,37,38)(H4,30,31,32);(H,6,7)/t21-,22-,23+,24+;/m0./s1. The van der Waals surface area contributed by atoms with Gasteiger partial charge in [0.05, 0.1) is 18.7 Å². The van der Waals surface area contributed by atoms with Crippen molar-refractivity contribution in [3.8, 4) is 0 Å². The number of carbonyl (C=O) groups excluding carboxylic acids is 4. The van der Waals surface area contributed by atoms with Gasteiger partial charge in [0.2, 0.25) is 5.91 Å². The molecule has 50 heavy (non-hydrogen) atoms. The maximum atomic E-state index is 12.8. The number of benzene rings is 2. The molecular formula is C31H39F3N6O10. The Morgan fingerprint density at radius 2 is 1.44 bits per heavy atom. The predicted molar refractivity (Wildman–Crippen MR) is 165 cm³/mol. The second-order valence-corrected chi connectivity index (χ2v) is 10.7. The molecule has 274 valence electrons. The van der Waals surface area contributed by atoms with Crippen LogP contribution >= 0.6 is 0 Å². The topological polar surface area (TPSA) is 258 Å². The number of halogens is 3. The molecule has 2 aromatic carbocycles. The third-order valence-corrected chi connectivity index (χ3v) is 6.85. The number of guanidine groups is 1. The molecule has 16 nitrogen and oxygen atoms in total. The highest BCUT2D eigenvalue weighted by Crippen LogP contribution is 2.24. The summed E-state index contributed by atoms with van der Waals surface area (Å²) < 4.78 is 47.9. The van der Waals surface area contributed by atoms with Crippen molar-refractivity contribution in [2.45, 2.75) is 69.4 Å². The summed E-state index contributed by atoms with van der Waals surface area (Å²) in [4.78, 5) is 60.8. The van der Waals surface area contributed by atoms with E-state index in [4.69, 9.17) is 35.6 Å². The maximum absolute atomic E-state index is 12.8. The number of rotatable bonds is 15. The molecule has 1 fully saturated rings. The molecule has 1 saturated heterocycles. The average Bonchev–Trinajstić information content (AvgIpc) is 3.57. The monoisotopic (exact) mass is 712 g/mol. The first-order valence-corrected chi connectivity index (χ1v) is 15.2. The van der Waals surface area contributed by atoms with Crippen molar-refractivity contribution in [1.29, 1.82) is 0 Å². The van der Waals surface area contributed by atoms with E-state index in [1.165, 1.54) is 0 Å². The Kier molecular flexibility index (Phi) is 16.8. The van der Waals surface area contributed by atoms with Gasteiger partial charge in [-0.2, -0.15) is 13.2 Å². The average molecular weight is 713 g/mol. The van der Waals surface area contributed by atoms with Gasteiger partial charge < -0.3 is 45.2 Å². The normalized spacial score (nSPS) is 16.3. The summed E-state index contributed by atoms with van der Waals surface area (Å²) in [7, 11) is 0. The minimum atomic E-state index is -5.19. The highest BCUT2D eigenvalue weighted by atomic mass is 19.4. The van der Waals surface area contributed by atoms with E-state index in [-0.39, 0.29) is 25.7 Å². The number of alkyl halides is 3. The summed E-state index contributed by atoms with van der Waals surface area (Å²) in [6.45, 7) is 0.142. The van der Waals surface area contributed by atoms with Gasteiger partial charge in [-0.3, -0.25) is 21.3 Å². The van der Waals surface area contributed by atoms with E-state index in [0.717, 1.165) is 11.1 Å². The molecule has 0 spiro atoms. The summed E-state index contributed by atoms with van der Waals surface area (Å²) >= 11 is 0. The largest absolute Gasteiger partial charge is 0.542 e. The van der Waals surface area contributed by atoms with Gasteiger partial charge >= 0.3 is 30.3 Å². The Balaban J connectivity index is 0.00000112. The lowest BCUT2D eigenvalue weighted by atomic mass is 10.0. The van der Waals surface area contributed by atoms with Gasteiger partial charge in [-0.05, 0) is 36.8 Å². The molecule has 0 saturated carbocycles. The van der Waals surface area contributed by atoms with Crippen molar-refractivity contribution >= 4 is 36.0 Å². The number of amides is 3. The molecule has 0 radical (unpaired) electrons. The van der Waals surface area contributed by atoms with Crippen molar-refractivity contribution in [3.05, 3.63) is 71.8 Å². The van der Waals surface area contributed by atoms with Crippen LogP contribution in [0.4, 0.5) is 22.8 Å². The van der Waals surface area contributed by atoms with Crippen LogP contribution in [-0.2, 0) is 41.8 Å². The third kappa shape index (κ3) is 16.0. The fourth-order valence-corrected chi connectivity index (χ4v) is 4.40. The summed E-state index contributed by atoms with van der Waals surface area (Å²) in [5, 5.41) is 25.9. The molecule has 1 aliphatic heterocycles. The Morgan fingerprint density at radius 3 is 1.92 bits per heavy atom. The number of carboxylic acid groups (broad SMARTS) is 2. The minimum absolute atomic E-state index is 0.0361. The number of aliphatic carboxylic acids is 2. The quantitative estimate of drug-likeness (QED) is 0.0650. The number of alkyl carbamates (subject to hydrolysis) is 2. The first-order valence-electron chi connectivity index (χ1n) is 15.2. The predicted octanol–water partition coefficient (Wildman–Crippen LogP) is -1.24. The van der Waals surface area contributed by atoms with E-state index in [1.54, 1.807) is 24.3 Å². The molecule has 2 aromatic rings. The Bertz CT molecular complexity index is 1430. The fourth-order valence-electron chi connectivity index (χ4n) is 4.40. The molecule has 0 aromatic heterocycles. The van der Waals surface area contributed by atoms with Gasteiger partial charge in [0, 0.05) is 6.54 Å². The molecule has 19 heteroatoms. The van der Waals surface area contributed by atoms with Crippen LogP contribution in [0.5, 0.6) is 0 Å². The van der Waals surface area contributed by atoms with Crippen LogP contribution in [-0.4, -0.2) is 84.7 Å². The Morgan fingerprint density at radius 1 is 0.920 bits per heavy atom. The van der Waals surface area contributed by atoms with Gasteiger partial charge in [-0.25, -0.2) is 14.4 Å². The van der Waals surface area contributed by atoms with Crippen molar-refractivity contribution in [2.24, 2.45) is 11.5 Å². The van der Waals surface area contributed by atoms with Crippen molar-refractivity contribution < 1.29 is 66.6 Å². The molecule has 9 N–H and O–H groups in total. The molecule has 3 amide bonds. The van der Waals surface area contributed by atoms with E-state index in [1.807, 2.05) is 36.4 Å². The minimum Gasteiger partial charge on any atom is -0.542 e. The van der Waals surface area contributed by atoms with E-state index in [9.17, 15) is 37.5 Å². The molecular weight excluding hydrogens is 673 g/mol. The SMILES string of the molecule is NC(N)=[NH+]CCC[C@H](NC(=O)OCc1ccccc1)[C@H]1CC[C@H](C(=O)NC[C@H](NC(=O)OCc2ccccc2)C(=O)O)O1.O=C([O-])C(F)(F)F. The van der Waals surface area contributed by atoms with Crippen LogP contribution in [0.25, 0.3) is 0 Å². The lowest BCUT2D eigenvalue weighted by Gasteiger charge is -2.25. The van der Waals surface area contributed by atoms with Gasteiger partial charge in [0.1, 0.15) is 31.3 Å². The van der Waals surface area contributed by atoms with Crippen molar-refractivity contribution in [2.75, 3.05) is 13.1 Å². The second-order valence-electron chi connectivity index (χ2n) is 10.7. The molecule has 0 unspecified atom stereocenters. The highest BCUT2D eigenvalue weighted by Gasteiger charge is 2.36. The molecule has 4 atom stereocenters. The molecule has 3 rings (SSSR count). The fraction of sp³-hybridized carbons (Fsp3) is 0.419. The number of ether oxygens (including phenoxy) is 3. The lowest BCUT2D eigenvalue weighted by Crippen LogP contribution is -2.78. The first-order chi connectivity index (χ1) is 23.6. The highest BCUT2D eigenvalue weighted by molar-refractivity contribution is 5.84. The van der Waals surface area contributed by atoms with E-state index in [0.29, 0.717) is 32.2 Å². The molecule has 1 aliphatic rings. The van der Waals surface area contributed by atoms with Crippen molar-refractivity contribution in [1.82, 2.24) is 16.0 Å². The van der Waals surface area contributed by atoms with Crippen LogP contribution in [0.3, 0.4) is 0 Å². The van der Waals surface area contributed by atoms with Crippen LogP contribution in [0.1, 0.15) is 36.8 Å². The summed E-state index contributed by atoms with van der Waals surface area (Å²) in [5.41, 5.74) is 12.5. The first kappa shape index (κ1) is 40.6. The van der Waals surface area contributed by atoms with E-state index >= 15 is 0 Å². The summed E-state index contributed by atoms with van der Waals surface area (Å²) in [6.07, 6.45) is -6.25. The third-order valence-electron chi connectivity index (χ3n) is 6.85. The van der Waals surface area contributed by atoms with Crippen LogP contribution in [0.2, 0.25) is 0 Å². The van der Waals surface area contributed by atoms with Crippen LogP contribution in [0, 0.1) is 0 Å². The van der Waals surface area contributed by atoms with E-state index in [2.05, 4.69) is 20.9 Å². The number of hydrogen-bond acceptors (Lipinski definition) is 9. The Hall–Kier alpha value is -5.59. The number of carbonyl (C=O) groups is 5. The maximum Gasteiger partial charge on any atom is 0.430 e. The zero-order valence-corrected chi connectivity index (χ0v) is 26.6. The smallest absolute Gasteiger partial charge is 0.430 e. The lowest BCUT2D eigenvalue weighted by molar-refractivity contribution is -0.459. The van der Waals surface area contributed by atoms with Crippen LogP contribution < -0.4 is 37.5 Å². The molecule has 0 aliphatic carbocycles. The van der Waals surface area contributed by atoms with Gasteiger partial charge in [0.15, 0.2) is 0 Å². The van der Waals surface area contributed by atoms with Crippen molar-refractivity contribution in [3.63, 3.8) is 0 Å². The Labute approximate surface area is 284 Å². The van der Waals surface area contributed by atoms with Gasteiger partial charge in [0.25, 0.3) is 0 Å². The number of carboxylic acids is 2. The van der Waals surface area contributed by atoms with E-state index < -0.39 is 60.5 Å². The number of nitrogens with one attached hydrogen (secondary N) is 4. The molecule has 1 heterocycles.